The first-order chi connectivity index (χ1) is 10.4. The first kappa shape index (κ1) is 18.4. The van der Waals surface area contributed by atoms with Crippen molar-refractivity contribution in [1.82, 2.24) is 4.90 Å². The van der Waals surface area contributed by atoms with Gasteiger partial charge in [-0.3, -0.25) is 0 Å². The third-order valence-corrected chi connectivity index (χ3v) is 3.19. The van der Waals surface area contributed by atoms with Crippen LogP contribution in [-0.4, -0.2) is 51.2 Å². The van der Waals surface area contributed by atoms with Gasteiger partial charge in [0.1, 0.15) is 6.54 Å². The lowest BCUT2D eigenvalue weighted by Crippen LogP contribution is -2.33. The minimum atomic E-state index is 0.990. The lowest BCUT2D eigenvalue weighted by atomic mass is 10.1. The van der Waals surface area contributed by atoms with Gasteiger partial charge in [-0.05, 0) is 26.1 Å². The second-order valence-electron chi connectivity index (χ2n) is 6.97. The molecule has 0 aliphatic carbocycles. The van der Waals surface area contributed by atoms with Crippen LogP contribution < -0.4 is 0 Å². The molecule has 2 nitrogen and oxygen atoms in total. The van der Waals surface area contributed by atoms with Crippen LogP contribution in [-0.2, 0) is 13.0 Å². The maximum Gasteiger partial charge on any atom is 0.104 e. The Morgan fingerprint density at radius 1 is 0.727 bits per heavy atom. The summed E-state index contributed by atoms with van der Waals surface area (Å²) in [4.78, 5) is 2.20. The normalized spacial score (nSPS) is 11.0. The molecule has 0 aliphatic heterocycles. The molecule has 0 fully saturated rings. The molecular weight excluding hydrogens is 268 g/mol. The fourth-order valence-electron chi connectivity index (χ4n) is 2.13. The number of likely N-dealkylation sites (N-methyl/N-ethyl adjacent to an activating group) is 1. The number of hydrogen-bond donors (Lipinski definition) is 0. The molecule has 0 amide bonds. The van der Waals surface area contributed by atoms with Crippen LogP contribution in [0.3, 0.4) is 0 Å². The topological polar surface area (TPSA) is 3.24 Å². The Hall–Kier alpha value is -1.64. The first-order valence-corrected chi connectivity index (χ1v) is 7.90. The van der Waals surface area contributed by atoms with E-state index >= 15 is 0 Å². The molecule has 0 heterocycles. The SMILES string of the molecule is CN(C)CCc1ccccc1.C[N+](C)(C)Cc1ccccc1. The van der Waals surface area contributed by atoms with E-state index in [4.69, 9.17) is 0 Å². The number of hydrogen-bond acceptors (Lipinski definition) is 1. The summed E-state index contributed by atoms with van der Waals surface area (Å²) >= 11 is 0. The van der Waals surface area contributed by atoms with Crippen LogP contribution in [0.15, 0.2) is 60.7 Å². The average Bonchev–Trinajstić information content (AvgIpc) is 2.46. The molecular formula is C20H31N2+. The van der Waals surface area contributed by atoms with Gasteiger partial charge in [-0.15, -0.1) is 0 Å². The minimum Gasteiger partial charge on any atom is -0.327 e. The van der Waals surface area contributed by atoms with Crippen LogP contribution in [0.4, 0.5) is 0 Å². The monoisotopic (exact) mass is 299 g/mol. The zero-order valence-electron chi connectivity index (χ0n) is 14.8. The lowest BCUT2D eigenvalue weighted by molar-refractivity contribution is -0.884. The molecule has 0 bridgehead atoms. The molecule has 0 atom stereocenters. The van der Waals surface area contributed by atoms with Crippen molar-refractivity contribution in [1.29, 1.82) is 0 Å². The molecule has 0 N–H and O–H groups in total. The highest BCUT2D eigenvalue weighted by Gasteiger charge is 2.06. The third kappa shape index (κ3) is 9.32. The van der Waals surface area contributed by atoms with Crippen molar-refractivity contribution >= 4 is 0 Å². The van der Waals surface area contributed by atoms with Crippen molar-refractivity contribution in [3.8, 4) is 0 Å². The Kier molecular flexibility index (Phi) is 7.86. The van der Waals surface area contributed by atoms with E-state index in [1.54, 1.807) is 0 Å². The Morgan fingerprint density at radius 3 is 1.59 bits per heavy atom. The molecule has 0 aliphatic rings. The zero-order chi connectivity index (χ0) is 16.4. The minimum absolute atomic E-state index is 0.990. The van der Waals surface area contributed by atoms with Crippen molar-refractivity contribution in [2.45, 2.75) is 13.0 Å². The van der Waals surface area contributed by atoms with E-state index in [1.807, 2.05) is 0 Å². The molecule has 0 saturated heterocycles. The van der Waals surface area contributed by atoms with Gasteiger partial charge in [-0.25, -0.2) is 0 Å². The van der Waals surface area contributed by atoms with E-state index in [9.17, 15) is 0 Å². The molecule has 2 aromatic rings. The van der Waals surface area contributed by atoms with Gasteiger partial charge >= 0.3 is 0 Å². The maximum atomic E-state index is 2.20. The highest BCUT2D eigenvalue weighted by atomic mass is 15.3. The molecule has 0 radical (unpaired) electrons. The van der Waals surface area contributed by atoms with Gasteiger partial charge in [-0.1, -0.05) is 60.7 Å². The lowest BCUT2D eigenvalue weighted by Gasteiger charge is -2.23. The van der Waals surface area contributed by atoms with Gasteiger partial charge in [-0.2, -0.15) is 0 Å². The van der Waals surface area contributed by atoms with Crippen molar-refractivity contribution in [3.63, 3.8) is 0 Å². The van der Waals surface area contributed by atoms with E-state index in [0.717, 1.165) is 24.0 Å². The Balaban J connectivity index is 0.000000220. The number of rotatable bonds is 5. The molecule has 120 valence electrons. The quantitative estimate of drug-likeness (QED) is 0.761. The Morgan fingerprint density at radius 2 is 1.18 bits per heavy atom. The van der Waals surface area contributed by atoms with Gasteiger partial charge in [0.15, 0.2) is 0 Å². The first-order valence-electron chi connectivity index (χ1n) is 7.90. The maximum absolute atomic E-state index is 2.20. The largest absolute Gasteiger partial charge is 0.327 e. The smallest absolute Gasteiger partial charge is 0.104 e. The van der Waals surface area contributed by atoms with Gasteiger partial charge in [0.05, 0.1) is 21.1 Å². The summed E-state index contributed by atoms with van der Waals surface area (Å²) in [6.07, 6.45) is 1.15. The highest BCUT2D eigenvalue weighted by Crippen LogP contribution is 2.05. The van der Waals surface area contributed by atoms with Crippen molar-refractivity contribution in [3.05, 3.63) is 71.8 Å². The van der Waals surface area contributed by atoms with E-state index < -0.39 is 0 Å². The molecule has 0 spiro atoms. The van der Waals surface area contributed by atoms with Gasteiger partial charge in [0.25, 0.3) is 0 Å². The Bertz CT molecular complexity index is 498. The number of benzene rings is 2. The standard InChI is InChI=1S/C10H16N.C10H15N/c1-11(2,3)9-10-7-5-4-6-8-10;1-11(2)9-8-10-6-4-3-5-7-10/h4-8H,9H2,1-3H3;3-7H,8-9H2,1-2H3/q+1;. The molecule has 2 heteroatoms. The summed E-state index contributed by atoms with van der Waals surface area (Å²) in [6, 6.07) is 21.1. The zero-order valence-corrected chi connectivity index (χ0v) is 14.8. The van der Waals surface area contributed by atoms with E-state index in [-0.39, 0.29) is 0 Å². The van der Waals surface area contributed by atoms with Crippen molar-refractivity contribution in [2.75, 3.05) is 41.8 Å². The van der Waals surface area contributed by atoms with Gasteiger partial charge < -0.3 is 9.38 Å². The van der Waals surface area contributed by atoms with Crippen LogP contribution in [0, 0.1) is 0 Å². The van der Waals surface area contributed by atoms with E-state index in [0.29, 0.717) is 0 Å². The molecule has 2 aromatic carbocycles. The summed E-state index contributed by atoms with van der Waals surface area (Å²) in [5.74, 6) is 0. The molecule has 0 aromatic heterocycles. The molecule has 0 saturated carbocycles. The van der Waals surface area contributed by atoms with Crippen LogP contribution >= 0.6 is 0 Å². The predicted molar refractivity (Wildman–Crippen MR) is 96.9 cm³/mol. The predicted octanol–water partition coefficient (Wildman–Crippen LogP) is 3.68. The van der Waals surface area contributed by atoms with Crippen LogP contribution in [0.25, 0.3) is 0 Å². The highest BCUT2D eigenvalue weighted by molar-refractivity contribution is 5.15. The van der Waals surface area contributed by atoms with Crippen LogP contribution in [0.5, 0.6) is 0 Å². The van der Waals surface area contributed by atoms with E-state index in [1.165, 1.54) is 11.1 Å². The van der Waals surface area contributed by atoms with Crippen LogP contribution in [0.1, 0.15) is 11.1 Å². The second-order valence-corrected chi connectivity index (χ2v) is 6.97. The van der Waals surface area contributed by atoms with Gasteiger partial charge in [0, 0.05) is 12.1 Å². The fourth-order valence-corrected chi connectivity index (χ4v) is 2.13. The molecule has 2 rings (SSSR count). The number of quaternary nitrogens is 1. The van der Waals surface area contributed by atoms with E-state index in [2.05, 4.69) is 101 Å². The average molecular weight is 299 g/mol. The number of nitrogens with zero attached hydrogens (tertiary/aromatic N) is 2. The van der Waals surface area contributed by atoms with Crippen molar-refractivity contribution < 1.29 is 4.48 Å². The summed E-state index contributed by atoms with van der Waals surface area (Å²) in [7, 11) is 10.8. The second kappa shape index (κ2) is 9.39. The fraction of sp³-hybridized carbons (Fsp3) is 0.400. The molecule has 22 heavy (non-hydrogen) atoms. The van der Waals surface area contributed by atoms with Crippen LogP contribution in [0.2, 0.25) is 0 Å². The summed E-state index contributed by atoms with van der Waals surface area (Å²) in [6.45, 7) is 2.23. The summed E-state index contributed by atoms with van der Waals surface area (Å²) in [5.41, 5.74) is 2.82. The molecule has 0 unspecified atom stereocenters. The summed E-state index contributed by atoms with van der Waals surface area (Å²) < 4.78 is 0.990. The van der Waals surface area contributed by atoms with Gasteiger partial charge in [0.2, 0.25) is 0 Å². The third-order valence-electron chi connectivity index (χ3n) is 3.19. The summed E-state index contributed by atoms with van der Waals surface area (Å²) in [5, 5.41) is 0. The Labute approximate surface area is 136 Å². The van der Waals surface area contributed by atoms with Crippen molar-refractivity contribution in [2.24, 2.45) is 0 Å².